The van der Waals surface area contributed by atoms with Crippen molar-refractivity contribution in [3.63, 3.8) is 0 Å². The summed E-state index contributed by atoms with van der Waals surface area (Å²) in [6.07, 6.45) is 3.68. The van der Waals surface area contributed by atoms with Crippen LogP contribution in [0, 0.1) is 0 Å². The van der Waals surface area contributed by atoms with Crippen LogP contribution in [-0.4, -0.2) is 51.0 Å². The van der Waals surface area contributed by atoms with Gasteiger partial charge in [0.2, 0.25) is 0 Å². The molecule has 0 amide bonds. The molecule has 0 spiro atoms. The zero-order chi connectivity index (χ0) is 28.5. The van der Waals surface area contributed by atoms with E-state index < -0.39 is 24.6 Å². The number of methoxy groups -OCH3 is 1. The van der Waals surface area contributed by atoms with Crippen LogP contribution in [0.2, 0.25) is 0 Å². The van der Waals surface area contributed by atoms with Gasteiger partial charge in [-0.15, -0.1) is 0 Å². The molecule has 0 saturated carbocycles. The Morgan fingerprint density at radius 3 is 1.85 bits per heavy atom. The van der Waals surface area contributed by atoms with Crippen LogP contribution in [0.5, 0.6) is 0 Å². The predicted molar refractivity (Wildman–Crippen MR) is 160 cm³/mol. The molecule has 0 aliphatic carbocycles. The zero-order valence-electron chi connectivity index (χ0n) is 24.6. The Bertz CT molecular complexity index is 1060. The monoisotopic (exact) mass is 562 g/mol. The number of ether oxygens (including phenoxy) is 6. The second-order valence-corrected chi connectivity index (χ2v) is 10.6. The Kier molecular flexibility index (Phi) is 13.8. The van der Waals surface area contributed by atoms with Gasteiger partial charge in [-0.25, -0.2) is 0 Å². The first-order valence-corrected chi connectivity index (χ1v) is 15.0. The molecule has 1 saturated heterocycles. The Morgan fingerprint density at radius 2 is 1.24 bits per heavy atom. The van der Waals surface area contributed by atoms with E-state index in [0.717, 1.165) is 29.5 Å². The molecule has 0 aromatic heterocycles. The highest BCUT2D eigenvalue weighted by Crippen LogP contribution is 2.32. The van der Waals surface area contributed by atoms with Crippen LogP contribution >= 0.6 is 0 Å². The van der Waals surface area contributed by atoms with E-state index >= 15 is 0 Å². The van der Waals surface area contributed by atoms with E-state index in [-0.39, 0.29) is 6.10 Å². The highest BCUT2D eigenvalue weighted by molar-refractivity contribution is 5.15. The summed E-state index contributed by atoms with van der Waals surface area (Å²) in [5.74, 6) is 0. The quantitative estimate of drug-likeness (QED) is 0.145. The summed E-state index contributed by atoms with van der Waals surface area (Å²) in [7, 11) is 1.66. The lowest BCUT2D eigenvalue weighted by Crippen LogP contribution is -2.45. The Labute approximate surface area is 245 Å². The lowest BCUT2D eigenvalue weighted by atomic mass is 10.0. The fourth-order valence-electron chi connectivity index (χ4n) is 5.08. The van der Waals surface area contributed by atoms with E-state index in [1.165, 1.54) is 19.3 Å². The van der Waals surface area contributed by atoms with Crippen molar-refractivity contribution in [1.29, 1.82) is 0 Å². The van der Waals surface area contributed by atoms with E-state index in [4.69, 9.17) is 28.4 Å². The molecule has 4 rings (SSSR count). The Morgan fingerprint density at radius 1 is 0.659 bits per heavy atom. The Balaban J connectivity index is 1.49. The van der Waals surface area contributed by atoms with Crippen molar-refractivity contribution in [2.75, 3.05) is 20.3 Å². The minimum Gasteiger partial charge on any atom is -0.374 e. The van der Waals surface area contributed by atoms with Gasteiger partial charge in [-0.1, -0.05) is 124 Å². The molecule has 3 aromatic rings. The average Bonchev–Trinajstić information content (AvgIpc) is 3.38. The van der Waals surface area contributed by atoms with E-state index in [1.807, 2.05) is 54.6 Å². The molecular weight excluding hydrogens is 516 g/mol. The number of benzene rings is 3. The summed E-state index contributed by atoms with van der Waals surface area (Å²) in [5, 5.41) is 0. The van der Waals surface area contributed by atoms with Crippen LogP contribution in [-0.2, 0) is 48.2 Å². The lowest BCUT2D eigenvalue weighted by Gasteiger charge is -2.29. The number of hydrogen-bond acceptors (Lipinski definition) is 6. The van der Waals surface area contributed by atoms with E-state index in [1.54, 1.807) is 7.11 Å². The van der Waals surface area contributed by atoms with Crippen LogP contribution in [0.15, 0.2) is 91.0 Å². The van der Waals surface area contributed by atoms with Crippen molar-refractivity contribution in [2.24, 2.45) is 0 Å². The van der Waals surface area contributed by atoms with Gasteiger partial charge in [0.05, 0.1) is 26.4 Å². The first-order chi connectivity index (χ1) is 20.3. The molecule has 1 aliphatic rings. The summed E-state index contributed by atoms with van der Waals surface area (Å²) >= 11 is 0. The van der Waals surface area contributed by atoms with Gasteiger partial charge >= 0.3 is 0 Å². The highest BCUT2D eigenvalue weighted by atomic mass is 16.7. The highest BCUT2D eigenvalue weighted by Gasteiger charge is 2.50. The van der Waals surface area contributed by atoms with Crippen LogP contribution in [0.3, 0.4) is 0 Å². The van der Waals surface area contributed by atoms with Crippen molar-refractivity contribution in [3.8, 4) is 0 Å². The zero-order valence-corrected chi connectivity index (χ0v) is 24.6. The van der Waals surface area contributed by atoms with Crippen molar-refractivity contribution in [1.82, 2.24) is 0 Å². The molecule has 1 heterocycles. The van der Waals surface area contributed by atoms with E-state index in [2.05, 4.69) is 43.3 Å². The Hall–Kier alpha value is -2.58. The average molecular weight is 563 g/mol. The van der Waals surface area contributed by atoms with Gasteiger partial charge < -0.3 is 28.4 Å². The smallest absolute Gasteiger partial charge is 0.186 e. The van der Waals surface area contributed by atoms with Crippen LogP contribution in [0.1, 0.15) is 55.7 Å². The molecule has 0 radical (unpaired) electrons. The summed E-state index contributed by atoms with van der Waals surface area (Å²) in [6, 6.07) is 30.5. The fourth-order valence-corrected chi connectivity index (χ4v) is 5.08. The first-order valence-electron chi connectivity index (χ1n) is 15.0. The SMILES string of the molecule is CCCCCCCO[C@H]1C(OC)O[C@H]([C@@H](COCc2ccccc2)OCc2ccccc2)[C@@H]1OCc1ccccc1. The third-order valence-electron chi connectivity index (χ3n) is 7.35. The molecule has 0 bridgehead atoms. The van der Waals surface area contributed by atoms with Crippen molar-refractivity contribution in [3.05, 3.63) is 108 Å². The minimum absolute atomic E-state index is 0.345. The normalized spacial score (nSPS) is 21.2. The van der Waals surface area contributed by atoms with Gasteiger partial charge in [0.25, 0.3) is 0 Å². The van der Waals surface area contributed by atoms with Gasteiger partial charge in [-0.3, -0.25) is 0 Å². The molecule has 1 fully saturated rings. The summed E-state index contributed by atoms with van der Waals surface area (Å²) in [5.41, 5.74) is 3.29. The van der Waals surface area contributed by atoms with Gasteiger partial charge in [0.1, 0.15) is 24.4 Å². The molecule has 3 aromatic carbocycles. The van der Waals surface area contributed by atoms with E-state index in [9.17, 15) is 0 Å². The molecular formula is C35H46O6. The third kappa shape index (κ3) is 10.3. The van der Waals surface area contributed by atoms with E-state index in [0.29, 0.717) is 33.0 Å². The van der Waals surface area contributed by atoms with Gasteiger partial charge in [0.15, 0.2) is 6.29 Å². The maximum atomic E-state index is 6.57. The molecule has 6 nitrogen and oxygen atoms in total. The van der Waals surface area contributed by atoms with Crippen LogP contribution in [0.4, 0.5) is 0 Å². The standard InChI is InChI=1S/C35H46O6/c1-3-4-5-6-16-23-38-34-33(40-26-30-21-14-9-15-22-30)32(41-35(34)36-2)31(39-25-29-19-12-8-13-20-29)27-37-24-28-17-10-7-11-18-28/h7-15,17-22,31-35H,3-6,16,23-27H2,1-2H3/t31-,32-,33+,34-,35?/m1/s1. The maximum Gasteiger partial charge on any atom is 0.186 e. The molecule has 1 aliphatic heterocycles. The fraction of sp³-hybridized carbons (Fsp3) is 0.486. The van der Waals surface area contributed by atoms with Gasteiger partial charge in [-0.2, -0.15) is 0 Å². The molecule has 41 heavy (non-hydrogen) atoms. The summed E-state index contributed by atoms with van der Waals surface area (Å²) in [6.45, 7) is 4.57. The summed E-state index contributed by atoms with van der Waals surface area (Å²) < 4.78 is 38.0. The van der Waals surface area contributed by atoms with Crippen molar-refractivity contribution >= 4 is 0 Å². The van der Waals surface area contributed by atoms with Gasteiger partial charge in [-0.05, 0) is 23.1 Å². The summed E-state index contributed by atoms with van der Waals surface area (Å²) in [4.78, 5) is 0. The molecule has 1 unspecified atom stereocenters. The van der Waals surface area contributed by atoms with Crippen LogP contribution < -0.4 is 0 Å². The molecule has 5 atom stereocenters. The number of unbranched alkanes of at least 4 members (excludes halogenated alkanes) is 4. The third-order valence-corrected chi connectivity index (χ3v) is 7.35. The first kappa shape index (κ1) is 31.4. The second kappa shape index (κ2) is 18.1. The molecule has 0 N–H and O–H groups in total. The van der Waals surface area contributed by atoms with Crippen molar-refractivity contribution < 1.29 is 28.4 Å². The largest absolute Gasteiger partial charge is 0.374 e. The van der Waals surface area contributed by atoms with Crippen LogP contribution in [0.25, 0.3) is 0 Å². The molecule has 6 heteroatoms. The number of hydrogen-bond donors (Lipinski definition) is 0. The molecule has 222 valence electrons. The van der Waals surface area contributed by atoms with Crippen molar-refractivity contribution in [2.45, 2.75) is 89.6 Å². The topological polar surface area (TPSA) is 55.4 Å². The van der Waals surface area contributed by atoms with Gasteiger partial charge in [0, 0.05) is 13.7 Å². The minimum atomic E-state index is -0.562. The maximum absolute atomic E-state index is 6.57. The second-order valence-electron chi connectivity index (χ2n) is 10.6. The lowest BCUT2D eigenvalue weighted by molar-refractivity contribution is -0.185. The predicted octanol–water partition coefficient (Wildman–Crippen LogP) is 7.10. The number of rotatable bonds is 19.